The van der Waals surface area contributed by atoms with E-state index in [0.717, 1.165) is 36.0 Å². The molecule has 2 aromatic rings. The Balaban J connectivity index is 2.41. The van der Waals surface area contributed by atoms with Crippen molar-refractivity contribution in [2.45, 2.75) is 26.2 Å². The van der Waals surface area contributed by atoms with E-state index in [9.17, 15) is 4.79 Å². The summed E-state index contributed by atoms with van der Waals surface area (Å²) in [7, 11) is 2.05. The third-order valence-corrected chi connectivity index (χ3v) is 3.52. The molecule has 108 valence electrons. The summed E-state index contributed by atoms with van der Waals surface area (Å²) in [4.78, 5) is 13.8. The minimum Gasteiger partial charge on any atom is -0.423 e. The molecule has 0 saturated carbocycles. The van der Waals surface area contributed by atoms with Crippen LogP contribution >= 0.6 is 0 Å². The number of rotatable bonds is 6. The first-order valence-corrected chi connectivity index (χ1v) is 7.13. The van der Waals surface area contributed by atoms with Gasteiger partial charge in [-0.3, -0.25) is 0 Å². The molecule has 0 saturated heterocycles. The third kappa shape index (κ3) is 3.20. The molecule has 4 heteroatoms. The number of hydrogen-bond donors (Lipinski definition) is 1. The Morgan fingerprint density at radius 1 is 1.30 bits per heavy atom. The molecule has 1 aromatic carbocycles. The van der Waals surface area contributed by atoms with Crippen LogP contribution in [0.15, 0.2) is 33.5 Å². The molecule has 0 aliphatic heterocycles. The van der Waals surface area contributed by atoms with E-state index in [-0.39, 0.29) is 5.63 Å². The lowest BCUT2D eigenvalue weighted by Crippen LogP contribution is -2.18. The highest BCUT2D eigenvalue weighted by molar-refractivity contribution is 5.83. The van der Waals surface area contributed by atoms with Gasteiger partial charge >= 0.3 is 5.63 Å². The van der Waals surface area contributed by atoms with E-state index in [1.165, 1.54) is 6.07 Å². The maximum absolute atomic E-state index is 11.6. The second kappa shape index (κ2) is 6.57. The second-order valence-electron chi connectivity index (χ2n) is 5.08. The largest absolute Gasteiger partial charge is 0.423 e. The van der Waals surface area contributed by atoms with Crippen molar-refractivity contribution < 1.29 is 4.42 Å². The van der Waals surface area contributed by atoms with Crippen molar-refractivity contribution in [3.63, 3.8) is 0 Å². The molecule has 20 heavy (non-hydrogen) atoms. The summed E-state index contributed by atoms with van der Waals surface area (Å²) in [5, 5.41) is 0.975. The molecule has 0 unspecified atom stereocenters. The number of anilines is 1. The van der Waals surface area contributed by atoms with Crippen LogP contribution in [0, 0.1) is 0 Å². The smallest absolute Gasteiger partial charge is 0.336 e. The minimum atomic E-state index is -0.311. The first-order valence-electron chi connectivity index (χ1n) is 7.13. The van der Waals surface area contributed by atoms with Crippen LogP contribution in [0.4, 0.5) is 5.69 Å². The Bertz CT molecular complexity index is 634. The van der Waals surface area contributed by atoms with Gasteiger partial charge in [-0.2, -0.15) is 0 Å². The summed E-state index contributed by atoms with van der Waals surface area (Å²) in [5.74, 6) is 0. The second-order valence-corrected chi connectivity index (χ2v) is 5.08. The predicted octanol–water partition coefficient (Wildman–Crippen LogP) is 2.53. The molecule has 2 rings (SSSR count). The van der Waals surface area contributed by atoms with Crippen molar-refractivity contribution in [3.8, 4) is 0 Å². The van der Waals surface area contributed by atoms with Gasteiger partial charge < -0.3 is 15.1 Å². The number of benzene rings is 1. The van der Waals surface area contributed by atoms with Gasteiger partial charge in [0.1, 0.15) is 5.58 Å². The van der Waals surface area contributed by atoms with E-state index < -0.39 is 0 Å². The highest BCUT2D eigenvalue weighted by Gasteiger charge is 2.08. The summed E-state index contributed by atoms with van der Waals surface area (Å²) in [6.45, 7) is 3.69. The minimum absolute atomic E-state index is 0.311. The fourth-order valence-electron chi connectivity index (χ4n) is 2.34. The zero-order chi connectivity index (χ0) is 14.5. The first kappa shape index (κ1) is 14.6. The molecule has 0 radical (unpaired) electrons. The van der Waals surface area contributed by atoms with Crippen LogP contribution < -0.4 is 16.3 Å². The molecule has 1 aromatic heterocycles. The molecule has 4 nitrogen and oxygen atoms in total. The summed E-state index contributed by atoms with van der Waals surface area (Å²) in [6.07, 6.45) is 2.99. The Morgan fingerprint density at radius 3 is 2.80 bits per heavy atom. The van der Waals surface area contributed by atoms with Crippen LogP contribution in [0.2, 0.25) is 0 Å². The average molecular weight is 274 g/mol. The third-order valence-electron chi connectivity index (χ3n) is 3.52. The fourth-order valence-corrected chi connectivity index (χ4v) is 2.34. The van der Waals surface area contributed by atoms with Gasteiger partial charge in [-0.05, 0) is 37.1 Å². The quantitative estimate of drug-likeness (QED) is 0.822. The van der Waals surface area contributed by atoms with E-state index in [4.69, 9.17) is 10.2 Å². The van der Waals surface area contributed by atoms with E-state index in [1.54, 1.807) is 0 Å². The summed E-state index contributed by atoms with van der Waals surface area (Å²) in [5.41, 5.74) is 7.95. The van der Waals surface area contributed by atoms with E-state index in [2.05, 4.69) is 24.9 Å². The SMILES string of the molecule is CCCCN(C)c1ccc2c(CCN)cc(=O)oc2c1. The normalized spacial score (nSPS) is 10.9. The molecule has 0 atom stereocenters. The molecule has 0 fully saturated rings. The number of nitrogens with two attached hydrogens (primary N) is 1. The summed E-state index contributed by atoms with van der Waals surface area (Å²) in [6, 6.07) is 7.56. The van der Waals surface area contributed by atoms with Gasteiger partial charge in [-0.1, -0.05) is 13.3 Å². The lowest BCUT2D eigenvalue weighted by atomic mass is 10.1. The van der Waals surface area contributed by atoms with Crippen LogP contribution in [-0.4, -0.2) is 20.1 Å². The Labute approximate surface area is 119 Å². The van der Waals surface area contributed by atoms with Gasteiger partial charge in [0.25, 0.3) is 0 Å². The van der Waals surface area contributed by atoms with Crippen molar-refractivity contribution in [2.24, 2.45) is 5.73 Å². The van der Waals surface area contributed by atoms with Gasteiger partial charge in [0.05, 0.1) is 0 Å². The highest BCUT2D eigenvalue weighted by atomic mass is 16.4. The van der Waals surface area contributed by atoms with E-state index in [0.29, 0.717) is 18.5 Å². The number of nitrogens with zero attached hydrogens (tertiary/aromatic N) is 1. The van der Waals surface area contributed by atoms with Crippen molar-refractivity contribution in [2.75, 3.05) is 25.0 Å². The van der Waals surface area contributed by atoms with Crippen molar-refractivity contribution in [1.29, 1.82) is 0 Å². The maximum Gasteiger partial charge on any atom is 0.336 e. The number of unbranched alkanes of at least 4 members (excludes halogenated alkanes) is 1. The van der Waals surface area contributed by atoms with Crippen molar-refractivity contribution >= 4 is 16.7 Å². The monoisotopic (exact) mass is 274 g/mol. The van der Waals surface area contributed by atoms with Crippen LogP contribution in [-0.2, 0) is 6.42 Å². The molecule has 2 N–H and O–H groups in total. The van der Waals surface area contributed by atoms with Gasteiger partial charge in [0.15, 0.2) is 0 Å². The van der Waals surface area contributed by atoms with Gasteiger partial charge in [-0.25, -0.2) is 4.79 Å². The predicted molar refractivity (Wildman–Crippen MR) is 83.4 cm³/mol. The number of fused-ring (bicyclic) bond motifs is 1. The standard InChI is InChI=1S/C16H22N2O2/c1-3-4-9-18(2)13-5-6-14-12(7-8-17)10-16(19)20-15(14)11-13/h5-6,10-11H,3-4,7-9,17H2,1-2H3. The van der Waals surface area contributed by atoms with Gasteiger partial charge in [-0.15, -0.1) is 0 Å². The van der Waals surface area contributed by atoms with Crippen LogP contribution in [0.25, 0.3) is 11.0 Å². The molecular weight excluding hydrogens is 252 g/mol. The maximum atomic E-state index is 11.6. The van der Waals surface area contributed by atoms with Crippen LogP contribution in [0.3, 0.4) is 0 Å². The Kier molecular flexibility index (Phi) is 4.79. The fraction of sp³-hybridized carbons (Fsp3) is 0.438. The van der Waals surface area contributed by atoms with Crippen molar-refractivity contribution in [3.05, 3.63) is 40.2 Å². The van der Waals surface area contributed by atoms with Crippen molar-refractivity contribution in [1.82, 2.24) is 0 Å². The molecule has 0 spiro atoms. The molecule has 0 bridgehead atoms. The van der Waals surface area contributed by atoms with Gasteiger partial charge in [0.2, 0.25) is 0 Å². The molecule has 0 aliphatic rings. The first-order chi connectivity index (χ1) is 9.65. The lowest BCUT2D eigenvalue weighted by Gasteiger charge is -2.19. The molecular formula is C16H22N2O2. The average Bonchev–Trinajstić information content (AvgIpc) is 2.44. The highest BCUT2D eigenvalue weighted by Crippen LogP contribution is 2.23. The van der Waals surface area contributed by atoms with Gasteiger partial charge in [0, 0.05) is 36.8 Å². The number of hydrogen-bond acceptors (Lipinski definition) is 4. The summed E-state index contributed by atoms with van der Waals surface area (Å²) < 4.78 is 5.32. The Hall–Kier alpha value is -1.81. The molecule has 0 aliphatic carbocycles. The topological polar surface area (TPSA) is 59.5 Å². The molecule has 0 amide bonds. The van der Waals surface area contributed by atoms with Crippen LogP contribution in [0.1, 0.15) is 25.3 Å². The van der Waals surface area contributed by atoms with Crippen LogP contribution in [0.5, 0.6) is 0 Å². The molecule has 1 heterocycles. The lowest BCUT2D eigenvalue weighted by molar-refractivity contribution is 0.558. The Morgan fingerprint density at radius 2 is 2.10 bits per heavy atom. The summed E-state index contributed by atoms with van der Waals surface area (Å²) >= 11 is 0. The zero-order valence-corrected chi connectivity index (χ0v) is 12.2. The van der Waals surface area contributed by atoms with E-state index >= 15 is 0 Å². The van der Waals surface area contributed by atoms with E-state index in [1.807, 2.05) is 12.1 Å². The zero-order valence-electron chi connectivity index (χ0n) is 12.2.